The van der Waals surface area contributed by atoms with Crippen LogP contribution in [0.2, 0.25) is 0 Å². The zero-order valence-electron chi connectivity index (χ0n) is 76.0. The first kappa shape index (κ1) is 83.8. The van der Waals surface area contributed by atoms with Gasteiger partial charge in [0.25, 0.3) is 0 Å². The van der Waals surface area contributed by atoms with Crippen molar-refractivity contribution in [3.8, 4) is 103 Å². The van der Waals surface area contributed by atoms with Crippen LogP contribution in [0, 0.1) is 0 Å². The lowest BCUT2D eigenvalue weighted by atomic mass is 9.63. The van der Waals surface area contributed by atoms with Crippen molar-refractivity contribution >= 4 is 55.4 Å². The van der Waals surface area contributed by atoms with Crippen LogP contribution in [0.15, 0.2) is 531 Å². The van der Waals surface area contributed by atoms with Crippen molar-refractivity contribution < 1.29 is 9.47 Å². The molecule has 4 aromatic heterocycles. The maximum absolute atomic E-state index is 6.63. The van der Waals surface area contributed by atoms with E-state index >= 15 is 0 Å². The van der Waals surface area contributed by atoms with E-state index in [1.54, 1.807) is 0 Å². The Labute approximate surface area is 815 Å². The molecule has 0 saturated carbocycles. The van der Waals surface area contributed by atoms with E-state index in [0.29, 0.717) is 34.9 Å². The van der Waals surface area contributed by atoms with Crippen molar-refractivity contribution in [1.82, 2.24) is 39.0 Å². The topological polar surface area (TPSA) is 106 Å². The number of aromatic nitrogens is 8. The van der Waals surface area contributed by atoms with E-state index in [1.807, 2.05) is 145 Å². The van der Waals surface area contributed by atoms with Gasteiger partial charge in [-0.25, -0.2) is 29.9 Å². The Morgan fingerprint density at radius 1 is 0.164 bits per heavy atom. The van der Waals surface area contributed by atoms with Gasteiger partial charge in [-0.1, -0.05) is 449 Å². The van der Waals surface area contributed by atoms with Gasteiger partial charge in [-0.05, 0) is 129 Å². The summed E-state index contributed by atoms with van der Waals surface area (Å²) < 4.78 is 17.8. The first-order chi connectivity index (χ1) is 69.4. The Morgan fingerprint density at radius 2 is 0.357 bits per heavy atom. The Kier molecular flexibility index (Phi) is 21.3. The number of hydrogen-bond acceptors (Lipinski definition) is 9. The van der Waals surface area contributed by atoms with Gasteiger partial charge in [-0.2, -0.15) is 0 Å². The van der Waals surface area contributed by atoms with Crippen molar-refractivity contribution in [1.29, 1.82) is 0 Å². The SMILES string of the molecule is c1ccc(-c2nc(-c3ccccc3)nc(-c3ccc(C4(c5ccccc5)c5ccccc5Oc5ccccc54)cc3)n2)cc1.c1ccc(-c2nc(-c3ccccc3)nc(-c3ccc(C4(c5ccccc5)c5ccccc5Sc5ccccc54)cc3)n2)cc1.c1ccc2c(c1)Oc1ccccc1C2(c1ccc(-n2c3ccccc3c3ccccc32)cc1)c1ccc(-n2c3ccccc3c3ccccc32)cc1. The number of para-hydroxylation sites is 8. The van der Waals surface area contributed by atoms with E-state index in [4.69, 9.17) is 39.4 Å². The van der Waals surface area contributed by atoms with Gasteiger partial charge < -0.3 is 18.6 Å². The second-order valence-corrected chi connectivity index (χ2v) is 36.4. The molecule has 0 fully saturated rings. The molecule has 10 nitrogen and oxygen atoms in total. The Balaban J connectivity index is 0.000000111. The van der Waals surface area contributed by atoms with Gasteiger partial charge in [0.05, 0.1) is 38.3 Å². The summed E-state index contributed by atoms with van der Waals surface area (Å²) in [4.78, 5) is 32.1. The van der Waals surface area contributed by atoms with Crippen LogP contribution in [0.3, 0.4) is 0 Å². The third-order valence-corrected chi connectivity index (χ3v) is 28.8. The molecule has 0 saturated heterocycles. The molecule has 0 aliphatic carbocycles. The molecular weight excluding hydrogens is 1730 g/mol. The zero-order valence-corrected chi connectivity index (χ0v) is 76.8. The summed E-state index contributed by atoms with van der Waals surface area (Å²) in [5.41, 5.74) is 25.3. The van der Waals surface area contributed by atoms with Crippen molar-refractivity contribution in [3.05, 3.63) is 588 Å². The van der Waals surface area contributed by atoms with Gasteiger partial charge in [-0.3, -0.25) is 0 Å². The minimum Gasteiger partial charge on any atom is -0.457 e. The highest BCUT2D eigenvalue weighted by atomic mass is 32.2. The zero-order chi connectivity index (χ0) is 92.9. The van der Waals surface area contributed by atoms with Gasteiger partial charge in [0, 0.05) is 98.3 Å². The molecule has 3 aliphatic heterocycles. The smallest absolute Gasteiger partial charge is 0.164 e. The van der Waals surface area contributed by atoms with E-state index < -0.39 is 16.2 Å². The van der Waals surface area contributed by atoms with Crippen LogP contribution in [-0.2, 0) is 16.2 Å². The van der Waals surface area contributed by atoms with Gasteiger partial charge in [0.15, 0.2) is 34.9 Å². The Bertz CT molecular complexity index is 7920. The van der Waals surface area contributed by atoms with Crippen LogP contribution in [0.1, 0.15) is 66.8 Å². The lowest BCUT2D eigenvalue weighted by Crippen LogP contribution is -2.34. The molecule has 0 atom stereocenters. The molecule has 0 amide bonds. The number of nitrogens with zero attached hydrogens (tertiary/aromatic N) is 8. The van der Waals surface area contributed by atoms with E-state index in [1.165, 1.54) is 92.3 Å². The first-order valence-electron chi connectivity index (χ1n) is 47.3. The second kappa shape index (κ2) is 35.7. The quantitative estimate of drug-likeness (QED) is 0.105. The van der Waals surface area contributed by atoms with E-state index in [-0.39, 0.29) is 0 Å². The summed E-state index contributed by atoms with van der Waals surface area (Å²) in [7, 11) is 0. The van der Waals surface area contributed by atoms with Crippen LogP contribution < -0.4 is 9.47 Å². The molecular formula is C129H86N8O2S. The summed E-state index contributed by atoms with van der Waals surface area (Å²) in [5, 5.41) is 5.03. The largest absolute Gasteiger partial charge is 0.457 e. The molecule has 660 valence electrons. The summed E-state index contributed by atoms with van der Waals surface area (Å²) in [6.45, 7) is 0. The average Bonchev–Trinajstić information content (AvgIpc) is 0.926. The molecule has 7 heterocycles. The van der Waals surface area contributed by atoms with Crippen LogP contribution in [-0.4, -0.2) is 39.0 Å². The molecule has 0 bridgehead atoms. The third-order valence-electron chi connectivity index (χ3n) is 27.6. The maximum Gasteiger partial charge on any atom is 0.164 e. The highest BCUT2D eigenvalue weighted by Gasteiger charge is 2.48. The van der Waals surface area contributed by atoms with E-state index in [9.17, 15) is 0 Å². The highest BCUT2D eigenvalue weighted by Crippen LogP contribution is 2.60. The number of ether oxygens (including phenoxy) is 2. The molecule has 0 N–H and O–H groups in total. The van der Waals surface area contributed by atoms with Crippen molar-refractivity contribution in [2.45, 2.75) is 26.0 Å². The lowest BCUT2D eigenvalue weighted by molar-refractivity contribution is 0.434. The van der Waals surface area contributed by atoms with Crippen LogP contribution in [0.4, 0.5) is 0 Å². The third kappa shape index (κ3) is 14.4. The fraction of sp³-hybridized carbons (Fsp3) is 0.0233. The minimum atomic E-state index is -0.621. The number of benzene rings is 20. The van der Waals surface area contributed by atoms with Crippen molar-refractivity contribution in [2.75, 3.05) is 0 Å². The average molecular weight is 1810 g/mol. The molecule has 20 aromatic carbocycles. The fourth-order valence-electron chi connectivity index (χ4n) is 21.5. The van der Waals surface area contributed by atoms with E-state index in [2.05, 4.69) is 397 Å². The minimum absolute atomic E-state index is 0.471. The second-order valence-electron chi connectivity index (χ2n) is 35.3. The van der Waals surface area contributed by atoms with Gasteiger partial charge in [0.1, 0.15) is 23.0 Å². The number of fused-ring (bicyclic) bond motifs is 12. The molecule has 0 spiro atoms. The summed E-state index contributed by atoms with van der Waals surface area (Å²) in [6.07, 6.45) is 0. The van der Waals surface area contributed by atoms with Gasteiger partial charge in [-0.15, -0.1) is 0 Å². The first-order valence-corrected chi connectivity index (χ1v) is 48.1. The fourth-order valence-corrected chi connectivity index (χ4v) is 22.7. The molecule has 11 heteroatoms. The maximum atomic E-state index is 6.63. The standard InChI is InChI=1S/C49H32N2O.C40H27N3O.C40H27N3S/c1-7-19-43-37(13-1)38-14-2-8-20-44(38)50(43)35-29-25-33(26-30-35)49(41-17-5-11-23-47(41)52-48-24-12-6-18-42(48)49)34-27-31-36(32-28-34)51-45-21-9-3-15-39(45)40-16-4-10-22-46(40)51;2*1-4-14-28(15-5-1)37-41-38(29-16-6-2-7-17-29)43-39(42-37)30-24-26-32(27-25-30)40(31-18-8-3-9-19-31)33-20-10-12-22-35(33)44-36-23-13-11-21-34(36)40/h1-32H;2*1-27H. The predicted molar refractivity (Wildman–Crippen MR) is 567 cm³/mol. The Morgan fingerprint density at radius 3 is 0.629 bits per heavy atom. The van der Waals surface area contributed by atoms with Crippen LogP contribution in [0.5, 0.6) is 23.0 Å². The lowest BCUT2D eigenvalue weighted by Gasteiger charge is -2.41. The summed E-state index contributed by atoms with van der Waals surface area (Å²) in [5.74, 6) is 7.35. The highest BCUT2D eigenvalue weighted by molar-refractivity contribution is 7.99. The number of rotatable bonds is 14. The Hall–Kier alpha value is -18.0. The molecule has 0 radical (unpaired) electrons. The van der Waals surface area contributed by atoms with Crippen molar-refractivity contribution in [2.24, 2.45) is 0 Å². The molecule has 27 rings (SSSR count). The van der Waals surface area contributed by atoms with Crippen LogP contribution >= 0.6 is 11.8 Å². The predicted octanol–water partition coefficient (Wildman–Crippen LogP) is 31.5. The summed E-state index contributed by atoms with van der Waals surface area (Å²) >= 11 is 1.85. The normalized spacial score (nSPS) is 13.1. The van der Waals surface area contributed by atoms with Gasteiger partial charge >= 0.3 is 0 Å². The molecule has 140 heavy (non-hydrogen) atoms. The monoisotopic (exact) mass is 1810 g/mol. The van der Waals surface area contributed by atoms with E-state index in [0.717, 1.165) is 95.6 Å². The number of hydrogen-bond donors (Lipinski definition) is 0. The molecule has 3 aliphatic rings. The van der Waals surface area contributed by atoms with Gasteiger partial charge in [0.2, 0.25) is 0 Å². The van der Waals surface area contributed by atoms with Crippen LogP contribution in [0.25, 0.3) is 123 Å². The molecule has 24 aromatic rings. The summed E-state index contributed by atoms with van der Waals surface area (Å²) in [6, 6.07) is 184. The van der Waals surface area contributed by atoms with Crippen molar-refractivity contribution in [3.63, 3.8) is 0 Å². The molecule has 0 unspecified atom stereocenters.